The largest absolute Gasteiger partial charge is 0.511 e. The first-order valence-electron chi connectivity index (χ1n) is 4.73. The number of alkyl halides is 9. The molecule has 0 fully saturated rings. The molecule has 0 unspecified atom stereocenters. The number of nitrogens with zero attached hydrogens (tertiary/aromatic N) is 1. The highest BCUT2D eigenvalue weighted by atomic mass is 32.2. The maximum Gasteiger partial charge on any atom is 0.511 e. The molecule has 0 aliphatic carbocycles. The van der Waals surface area contributed by atoms with E-state index < -0.39 is 63.2 Å². The molecular weight excluding hydrogens is 488 g/mol. The van der Waals surface area contributed by atoms with E-state index in [4.69, 9.17) is 0 Å². The summed E-state index contributed by atoms with van der Waals surface area (Å²) in [6.45, 7) is 0. The summed E-state index contributed by atoms with van der Waals surface area (Å²) in [6, 6.07) is 0. The molecule has 0 aromatic rings. The molecule has 10 nitrogen and oxygen atoms in total. The molecule has 0 saturated carbocycles. The fourth-order valence-corrected chi connectivity index (χ4v) is 7.05. The van der Waals surface area contributed by atoms with Gasteiger partial charge in [-0.25, -0.2) is 25.3 Å². The van der Waals surface area contributed by atoms with Crippen LogP contribution < -0.4 is 8.99 Å². The molecule has 0 atom stereocenters. The van der Waals surface area contributed by atoms with Crippen molar-refractivity contribution >= 4 is 37.7 Å². The third-order valence-corrected chi connectivity index (χ3v) is 9.10. The second kappa shape index (κ2) is 6.74. The number of hydrogen-bond donors (Lipinski definition) is 2. The highest BCUT2D eigenvalue weighted by Gasteiger charge is 2.53. The van der Waals surface area contributed by atoms with E-state index in [1.807, 2.05) is 0 Å². The van der Waals surface area contributed by atoms with E-state index in [0.29, 0.717) is 0 Å². The Morgan fingerprint density at radius 2 is 0.885 bits per heavy atom. The molecule has 0 aliphatic rings. The number of rotatable bonds is 6. The number of halogens is 9. The fraction of sp³-hybridized carbons (Fsp3) is 1.00. The Bertz CT molecular complexity index is 778. The van der Waals surface area contributed by atoms with Gasteiger partial charge in [0.1, 0.15) is 0 Å². The van der Waals surface area contributed by atoms with Gasteiger partial charge in [0, 0.05) is 0 Å². The lowest BCUT2D eigenvalue weighted by molar-refractivity contribution is -0.0443. The first-order valence-corrected chi connectivity index (χ1v) is 10.8. The first kappa shape index (κ1) is 25.3. The van der Waals surface area contributed by atoms with E-state index in [0.717, 1.165) is 4.49 Å². The zero-order valence-corrected chi connectivity index (χ0v) is 14.2. The normalized spacial score (nSPS) is 15.9. The molecule has 158 valence electrons. The summed E-state index contributed by atoms with van der Waals surface area (Å²) >= 11 is 0. The second-order valence-corrected chi connectivity index (χ2v) is 11.3. The van der Waals surface area contributed by atoms with Crippen molar-refractivity contribution in [2.75, 3.05) is 0 Å². The molecule has 26 heavy (non-hydrogen) atoms. The SMILES string of the molecule is O=P([N-]S(=O)(=O)C(F)(F)F)(NS(=O)(=O)C(F)(F)F)NS(=O)(=O)C(F)(F)F. The van der Waals surface area contributed by atoms with E-state index in [1.54, 1.807) is 0 Å². The zero-order valence-electron chi connectivity index (χ0n) is 10.9. The minimum atomic E-state index is -7.22. The summed E-state index contributed by atoms with van der Waals surface area (Å²) in [5.41, 5.74) is -19.7. The maximum absolute atomic E-state index is 12.1. The summed E-state index contributed by atoms with van der Waals surface area (Å²) in [4.78, 5) is 0. The summed E-state index contributed by atoms with van der Waals surface area (Å²) in [5, 5.41) is 0. The summed E-state index contributed by atoms with van der Waals surface area (Å²) in [5.74, 6) is 0. The van der Waals surface area contributed by atoms with Crippen LogP contribution in [-0.2, 0) is 34.6 Å². The van der Waals surface area contributed by atoms with Crippen molar-refractivity contribution in [2.45, 2.75) is 16.5 Å². The lowest BCUT2D eigenvalue weighted by atomic mass is 11.6. The molecule has 23 heteroatoms. The van der Waals surface area contributed by atoms with E-state index in [2.05, 4.69) is 0 Å². The summed E-state index contributed by atoms with van der Waals surface area (Å²) in [6.07, 6.45) is 0. The average Bonchev–Trinajstić information content (AvgIpc) is 2.19. The van der Waals surface area contributed by atoms with Crippen molar-refractivity contribution in [3.63, 3.8) is 0 Å². The monoisotopic (exact) mass is 490 g/mol. The van der Waals surface area contributed by atoms with Gasteiger partial charge in [-0.15, -0.1) is 0 Å². The van der Waals surface area contributed by atoms with Gasteiger partial charge in [-0.1, -0.05) is 0 Å². The van der Waals surface area contributed by atoms with Crippen molar-refractivity contribution in [3.8, 4) is 0 Å². The molecule has 0 radical (unpaired) electrons. The predicted octanol–water partition coefficient (Wildman–Crippen LogP) is 1.20. The maximum atomic E-state index is 12.1. The van der Waals surface area contributed by atoms with E-state index in [9.17, 15) is 69.3 Å². The van der Waals surface area contributed by atoms with E-state index >= 15 is 0 Å². The Hall–Kier alpha value is -0.670. The lowest BCUT2D eigenvalue weighted by Gasteiger charge is -2.32. The highest BCUT2D eigenvalue weighted by molar-refractivity contribution is 8.09. The van der Waals surface area contributed by atoms with Crippen LogP contribution in [0.3, 0.4) is 0 Å². The third kappa shape index (κ3) is 5.92. The van der Waals surface area contributed by atoms with E-state index in [-0.39, 0.29) is 0 Å². The topological polar surface area (TPSA) is 158 Å². The molecule has 0 amide bonds. The first-order chi connectivity index (χ1) is 10.9. The minimum Gasteiger partial charge on any atom is -0.455 e. The molecular formula is C3H2F9N3O7PS3-. The molecule has 0 spiro atoms. The van der Waals surface area contributed by atoms with Gasteiger partial charge in [-0.2, -0.15) is 48.5 Å². The Morgan fingerprint density at radius 1 is 0.615 bits per heavy atom. The van der Waals surface area contributed by atoms with Gasteiger partial charge < -0.3 is 9.06 Å². The number of sulfonamides is 3. The van der Waals surface area contributed by atoms with Crippen molar-refractivity contribution in [1.29, 1.82) is 0 Å². The molecule has 0 bridgehead atoms. The lowest BCUT2D eigenvalue weighted by Crippen LogP contribution is -2.42. The van der Waals surface area contributed by atoms with Crippen LogP contribution in [0.5, 0.6) is 0 Å². The second-order valence-electron chi connectivity index (χ2n) is 3.66. The molecule has 0 aromatic heterocycles. The molecule has 0 aliphatic heterocycles. The van der Waals surface area contributed by atoms with Gasteiger partial charge in [0.05, 0.1) is 0 Å². The van der Waals surface area contributed by atoms with Crippen LogP contribution in [0.25, 0.3) is 4.49 Å². The average molecular weight is 490 g/mol. The zero-order chi connectivity index (χ0) is 21.6. The molecule has 0 aromatic carbocycles. The standard InChI is InChI=1S/C3H2F9N3O7PS3/c4-1(5,6)24(17,18)13-23(16,14-25(19,20)2(7,8)9)15-26(21,22)3(10,11)12/h(H2-,13,14,15,16)/q-1. The molecule has 2 N–H and O–H groups in total. The number of hydrogen-bond acceptors (Lipinski definition) is 7. The number of nitrogens with one attached hydrogen (secondary N) is 2. The minimum absolute atomic E-state index is 0.467. The Labute approximate surface area is 137 Å². The Morgan fingerprint density at radius 3 is 1.08 bits per heavy atom. The quantitative estimate of drug-likeness (QED) is 0.418. The summed E-state index contributed by atoms with van der Waals surface area (Å²) in [7, 11) is -28.6. The van der Waals surface area contributed by atoms with Gasteiger partial charge in [0.15, 0.2) is 17.6 Å². The van der Waals surface area contributed by atoms with Crippen LogP contribution >= 0.6 is 7.59 Å². The smallest absolute Gasteiger partial charge is 0.455 e. The van der Waals surface area contributed by atoms with Crippen LogP contribution in [0.4, 0.5) is 39.5 Å². The van der Waals surface area contributed by atoms with Gasteiger partial charge in [-0.3, -0.25) is 0 Å². The predicted molar refractivity (Wildman–Crippen MR) is 62.2 cm³/mol. The van der Waals surface area contributed by atoms with Crippen molar-refractivity contribution in [3.05, 3.63) is 4.49 Å². The van der Waals surface area contributed by atoms with Crippen LogP contribution in [0, 0.1) is 0 Å². The Kier molecular flexibility index (Phi) is 6.57. The molecule has 0 saturated heterocycles. The Balaban J connectivity index is 6.37. The summed E-state index contributed by atoms with van der Waals surface area (Å²) < 4.78 is 185. The van der Waals surface area contributed by atoms with Crippen molar-refractivity contribution < 1.29 is 69.3 Å². The molecule has 0 heterocycles. The van der Waals surface area contributed by atoms with Crippen LogP contribution in [0.15, 0.2) is 0 Å². The van der Waals surface area contributed by atoms with Crippen LogP contribution in [0.1, 0.15) is 0 Å². The molecule has 0 rings (SSSR count). The van der Waals surface area contributed by atoms with Crippen molar-refractivity contribution in [2.24, 2.45) is 0 Å². The van der Waals surface area contributed by atoms with Gasteiger partial charge in [0.25, 0.3) is 0 Å². The van der Waals surface area contributed by atoms with E-state index in [1.165, 1.54) is 0 Å². The third-order valence-electron chi connectivity index (χ3n) is 1.61. The van der Waals surface area contributed by atoms with Crippen LogP contribution in [-0.4, -0.2) is 41.8 Å². The van der Waals surface area contributed by atoms with Gasteiger partial charge in [0.2, 0.25) is 0 Å². The van der Waals surface area contributed by atoms with Crippen LogP contribution in [0.2, 0.25) is 0 Å². The fourth-order valence-electron chi connectivity index (χ4n) is 0.679. The van der Waals surface area contributed by atoms with Gasteiger partial charge in [-0.05, 0) is 0 Å². The highest BCUT2D eigenvalue weighted by Crippen LogP contribution is 2.53. The van der Waals surface area contributed by atoms with Gasteiger partial charge >= 0.3 is 36.6 Å². The van der Waals surface area contributed by atoms with Crippen molar-refractivity contribution in [1.82, 2.24) is 8.99 Å².